The highest BCUT2D eigenvalue weighted by molar-refractivity contribution is 6.71. The van der Waals surface area contributed by atoms with Crippen molar-refractivity contribution >= 4 is 8.32 Å². The first-order valence-electron chi connectivity index (χ1n) is 8.73. The van der Waals surface area contributed by atoms with E-state index in [0.717, 1.165) is 0 Å². The molecule has 0 amide bonds. The molecule has 0 saturated heterocycles. The molecule has 0 bridgehead atoms. The lowest BCUT2D eigenvalue weighted by Gasteiger charge is -2.29. The van der Waals surface area contributed by atoms with Crippen LogP contribution in [0, 0.1) is 0 Å². The van der Waals surface area contributed by atoms with Gasteiger partial charge < -0.3 is 4.43 Å². The number of hydrogen-bond acceptors (Lipinski definition) is 1. The summed E-state index contributed by atoms with van der Waals surface area (Å²) in [4.78, 5) is 0. The maximum atomic E-state index is 6.48. The molecule has 0 aliphatic rings. The average molecular weight is 287 g/mol. The second kappa shape index (κ2) is 12.0. The van der Waals surface area contributed by atoms with Gasteiger partial charge in [-0.3, -0.25) is 0 Å². The van der Waals surface area contributed by atoms with Gasteiger partial charge in [-0.05, 0) is 32.0 Å². The molecular formula is C17H38OSi. The summed E-state index contributed by atoms with van der Waals surface area (Å²) in [6, 6.07) is 1.24. The average Bonchev–Trinajstić information content (AvgIpc) is 2.38. The van der Waals surface area contributed by atoms with Gasteiger partial charge in [-0.25, -0.2) is 0 Å². The van der Waals surface area contributed by atoms with E-state index in [9.17, 15) is 0 Å². The second-order valence-corrected chi connectivity index (χ2v) is 11.0. The second-order valence-electron chi connectivity index (χ2n) is 6.55. The van der Waals surface area contributed by atoms with E-state index < -0.39 is 8.32 Å². The third-order valence-electron chi connectivity index (χ3n) is 4.10. The van der Waals surface area contributed by atoms with Crippen molar-refractivity contribution in [2.24, 2.45) is 0 Å². The van der Waals surface area contributed by atoms with E-state index in [1.165, 1.54) is 70.3 Å². The van der Waals surface area contributed by atoms with Crippen LogP contribution in [0.4, 0.5) is 0 Å². The van der Waals surface area contributed by atoms with Crippen LogP contribution in [0.1, 0.15) is 85.0 Å². The molecule has 0 aromatic carbocycles. The van der Waals surface area contributed by atoms with Gasteiger partial charge in [0.15, 0.2) is 8.32 Å². The molecule has 0 saturated carbocycles. The van der Waals surface area contributed by atoms with Gasteiger partial charge in [0.25, 0.3) is 0 Å². The van der Waals surface area contributed by atoms with Crippen LogP contribution in [0.25, 0.3) is 0 Å². The van der Waals surface area contributed by atoms with Gasteiger partial charge in [0, 0.05) is 6.10 Å². The Labute approximate surface area is 123 Å². The van der Waals surface area contributed by atoms with Crippen molar-refractivity contribution < 1.29 is 4.43 Å². The summed E-state index contributed by atoms with van der Waals surface area (Å²) in [7, 11) is -1.38. The molecular weight excluding hydrogens is 248 g/mol. The largest absolute Gasteiger partial charge is 0.414 e. The van der Waals surface area contributed by atoms with Gasteiger partial charge in [0.2, 0.25) is 0 Å². The lowest BCUT2D eigenvalue weighted by Crippen LogP contribution is -2.34. The van der Waals surface area contributed by atoms with Gasteiger partial charge in [-0.15, -0.1) is 0 Å². The molecule has 0 N–H and O–H groups in total. The standard InChI is InChI=1S/C17H38OSi/c1-6-9-11-12-14-16-17(15-13-10-7-2)18-19(4,5)8-3/h17H,6-16H2,1-5H3. The highest BCUT2D eigenvalue weighted by Gasteiger charge is 2.24. The van der Waals surface area contributed by atoms with Crippen LogP contribution >= 0.6 is 0 Å². The summed E-state index contributed by atoms with van der Waals surface area (Å²) in [6.07, 6.45) is 14.1. The first-order chi connectivity index (χ1) is 9.05. The lowest BCUT2D eigenvalue weighted by atomic mass is 10.0. The summed E-state index contributed by atoms with van der Waals surface area (Å²) in [5, 5.41) is 0. The minimum Gasteiger partial charge on any atom is -0.414 e. The van der Waals surface area contributed by atoms with Gasteiger partial charge in [-0.2, -0.15) is 0 Å². The zero-order chi connectivity index (χ0) is 14.6. The zero-order valence-corrected chi connectivity index (χ0v) is 15.3. The third kappa shape index (κ3) is 11.7. The molecule has 0 radical (unpaired) electrons. The Kier molecular flexibility index (Phi) is 12.1. The lowest BCUT2D eigenvalue weighted by molar-refractivity contribution is 0.163. The maximum Gasteiger partial charge on any atom is 0.186 e. The molecule has 1 unspecified atom stereocenters. The van der Waals surface area contributed by atoms with Crippen molar-refractivity contribution in [3.8, 4) is 0 Å². The fraction of sp³-hybridized carbons (Fsp3) is 1.00. The third-order valence-corrected chi connectivity index (χ3v) is 6.77. The molecule has 0 spiro atoms. The SMILES string of the molecule is CCCCCCCC(CCCCC)O[Si](C)(C)CC. The first-order valence-corrected chi connectivity index (χ1v) is 11.8. The van der Waals surface area contributed by atoms with Crippen molar-refractivity contribution in [2.75, 3.05) is 0 Å². The topological polar surface area (TPSA) is 9.23 Å². The Morgan fingerprint density at radius 1 is 0.737 bits per heavy atom. The van der Waals surface area contributed by atoms with E-state index in [1.54, 1.807) is 0 Å². The zero-order valence-electron chi connectivity index (χ0n) is 14.3. The van der Waals surface area contributed by atoms with Gasteiger partial charge in [0.05, 0.1) is 0 Å². The molecule has 0 aliphatic carbocycles. The van der Waals surface area contributed by atoms with Crippen molar-refractivity contribution in [3.63, 3.8) is 0 Å². The van der Waals surface area contributed by atoms with Gasteiger partial charge in [0.1, 0.15) is 0 Å². The smallest absolute Gasteiger partial charge is 0.186 e. The molecule has 0 heterocycles. The Hall–Kier alpha value is 0.177. The van der Waals surface area contributed by atoms with E-state index in [2.05, 4.69) is 33.9 Å². The highest BCUT2D eigenvalue weighted by atomic mass is 28.4. The first kappa shape index (κ1) is 19.2. The molecule has 0 aliphatic heterocycles. The maximum absolute atomic E-state index is 6.48. The monoisotopic (exact) mass is 286 g/mol. The Bertz CT molecular complexity index is 192. The van der Waals surface area contributed by atoms with E-state index in [0.29, 0.717) is 6.10 Å². The Balaban J connectivity index is 3.96. The molecule has 2 heteroatoms. The molecule has 0 aromatic rings. The summed E-state index contributed by atoms with van der Waals surface area (Å²) >= 11 is 0. The summed E-state index contributed by atoms with van der Waals surface area (Å²) in [5.74, 6) is 0. The minimum atomic E-state index is -1.38. The Morgan fingerprint density at radius 3 is 1.74 bits per heavy atom. The number of unbranched alkanes of at least 4 members (excludes halogenated alkanes) is 6. The van der Waals surface area contributed by atoms with Crippen molar-refractivity contribution in [1.29, 1.82) is 0 Å². The summed E-state index contributed by atoms with van der Waals surface area (Å²) in [6.45, 7) is 11.6. The molecule has 0 rings (SSSR count). The quantitative estimate of drug-likeness (QED) is 0.276. The predicted molar refractivity (Wildman–Crippen MR) is 90.4 cm³/mol. The van der Waals surface area contributed by atoms with Crippen LogP contribution in [-0.4, -0.2) is 14.4 Å². The van der Waals surface area contributed by atoms with Crippen LogP contribution in [-0.2, 0) is 4.43 Å². The summed E-state index contributed by atoms with van der Waals surface area (Å²) in [5.41, 5.74) is 0. The summed E-state index contributed by atoms with van der Waals surface area (Å²) < 4.78 is 6.48. The van der Waals surface area contributed by atoms with E-state index in [4.69, 9.17) is 4.43 Å². The molecule has 0 aromatic heterocycles. The fourth-order valence-corrected chi connectivity index (χ4v) is 3.70. The minimum absolute atomic E-state index is 0.551. The van der Waals surface area contributed by atoms with Crippen LogP contribution in [0.3, 0.4) is 0 Å². The molecule has 0 fully saturated rings. The normalized spacial score (nSPS) is 13.7. The van der Waals surface area contributed by atoms with E-state index >= 15 is 0 Å². The van der Waals surface area contributed by atoms with E-state index in [-0.39, 0.29) is 0 Å². The molecule has 116 valence electrons. The number of hydrogen-bond donors (Lipinski definition) is 0. The van der Waals surface area contributed by atoms with Crippen LogP contribution in [0.15, 0.2) is 0 Å². The predicted octanol–water partition coefficient (Wildman–Crippen LogP) is 6.54. The van der Waals surface area contributed by atoms with Gasteiger partial charge in [-0.1, -0.05) is 72.1 Å². The molecule has 19 heavy (non-hydrogen) atoms. The van der Waals surface area contributed by atoms with Crippen LogP contribution < -0.4 is 0 Å². The molecule has 1 atom stereocenters. The molecule has 1 nitrogen and oxygen atoms in total. The van der Waals surface area contributed by atoms with Crippen molar-refractivity contribution in [2.45, 2.75) is 110 Å². The Morgan fingerprint density at radius 2 is 1.21 bits per heavy atom. The van der Waals surface area contributed by atoms with Crippen LogP contribution in [0.5, 0.6) is 0 Å². The van der Waals surface area contributed by atoms with Gasteiger partial charge >= 0.3 is 0 Å². The highest BCUT2D eigenvalue weighted by Crippen LogP contribution is 2.21. The van der Waals surface area contributed by atoms with Crippen molar-refractivity contribution in [1.82, 2.24) is 0 Å². The fourth-order valence-electron chi connectivity index (χ4n) is 2.39. The van der Waals surface area contributed by atoms with Crippen molar-refractivity contribution in [3.05, 3.63) is 0 Å². The number of rotatable bonds is 13. The van der Waals surface area contributed by atoms with Crippen LogP contribution in [0.2, 0.25) is 19.1 Å². The van der Waals surface area contributed by atoms with E-state index in [1.807, 2.05) is 0 Å².